The molecule has 0 saturated carbocycles. The molecule has 2 unspecified atom stereocenters. The summed E-state index contributed by atoms with van der Waals surface area (Å²) in [6.45, 7) is 0. The fraction of sp³-hybridized carbons (Fsp3) is 0.154. The van der Waals surface area contributed by atoms with Gasteiger partial charge in [0.1, 0.15) is 23.0 Å². The van der Waals surface area contributed by atoms with E-state index in [1.54, 1.807) is 72.8 Å². The van der Waals surface area contributed by atoms with Crippen molar-refractivity contribution < 1.29 is 38.1 Å². The van der Waals surface area contributed by atoms with Gasteiger partial charge < -0.3 is 18.9 Å². The molecule has 2 saturated heterocycles. The Balaban J connectivity index is 1.13. The molecule has 2 fully saturated rings. The molecule has 3 aromatic carbocycles. The number of cyclic esters (lactones) is 2. The number of amides is 4. The number of ether oxygens (including phenoxy) is 4. The van der Waals surface area contributed by atoms with Crippen molar-refractivity contribution in [2.45, 2.75) is 25.0 Å². The predicted molar refractivity (Wildman–Crippen MR) is 124 cm³/mol. The summed E-state index contributed by atoms with van der Waals surface area (Å²) in [6, 6.07) is 21.4. The molecule has 5 rings (SSSR count). The number of carbonyl (C=O) groups is 4. The molecule has 2 aliphatic heterocycles. The van der Waals surface area contributed by atoms with E-state index in [-0.39, 0.29) is 12.8 Å². The van der Waals surface area contributed by atoms with Crippen LogP contribution in [0.3, 0.4) is 0 Å². The molecular weight excluding hydrogens is 468 g/mol. The lowest BCUT2D eigenvalue weighted by molar-refractivity contribution is -0.124. The summed E-state index contributed by atoms with van der Waals surface area (Å²) in [5.41, 5.74) is 1.67. The first-order valence-electron chi connectivity index (χ1n) is 11.1. The van der Waals surface area contributed by atoms with Gasteiger partial charge in [0, 0.05) is 12.8 Å². The first-order valence-corrected chi connectivity index (χ1v) is 11.1. The quantitative estimate of drug-likeness (QED) is 0.492. The Morgan fingerprint density at radius 3 is 1.11 bits per heavy atom. The normalized spacial score (nSPS) is 18.8. The maximum atomic E-state index is 11.6. The van der Waals surface area contributed by atoms with Gasteiger partial charge in [0.2, 0.25) is 0 Å². The van der Waals surface area contributed by atoms with Gasteiger partial charge in [-0.15, -0.1) is 0 Å². The summed E-state index contributed by atoms with van der Waals surface area (Å²) in [6.07, 6.45) is -2.51. The molecule has 10 nitrogen and oxygen atoms in total. The lowest BCUT2D eigenvalue weighted by Gasteiger charge is -2.10. The molecule has 0 aliphatic carbocycles. The number of alkyl carbamates (subject to hydrolysis) is 2. The number of rotatable bonds is 8. The van der Waals surface area contributed by atoms with Gasteiger partial charge in [0.05, 0.1) is 0 Å². The molecule has 0 spiro atoms. The summed E-state index contributed by atoms with van der Waals surface area (Å²) in [5, 5.41) is 4.21. The average molecular weight is 488 g/mol. The van der Waals surface area contributed by atoms with Crippen molar-refractivity contribution in [3.05, 3.63) is 83.9 Å². The molecular formula is C26H20N2O8. The van der Waals surface area contributed by atoms with Gasteiger partial charge in [-0.3, -0.25) is 20.2 Å². The van der Waals surface area contributed by atoms with E-state index < -0.39 is 36.2 Å². The van der Waals surface area contributed by atoms with Crippen LogP contribution in [-0.2, 0) is 31.9 Å². The van der Waals surface area contributed by atoms with Crippen molar-refractivity contribution in [2.24, 2.45) is 0 Å². The van der Waals surface area contributed by atoms with Crippen LogP contribution >= 0.6 is 0 Å². The van der Waals surface area contributed by atoms with E-state index in [1.165, 1.54) is 0 Å². The van der Waals surface area contributed by atoms with Crippen molar-refractivity contribution in [1.82, 2.24) is 10.6 Å². The largest absolute Gasteiger partial charge is 0.457 e. The zero-order chi connectivity index (χ0) is 25.1. The van der Waals surface area contributed by atoms with Crippen molar-refractivity contribution in [1.29, 1.82) is 0 Å². The fourth-order valence-corrected chi connectivity index (χ4v) is 3.72. The third-order valence-corrected chi connectivity index (χ3v) is 5.52. The second-order valence-corrected chi connectivity index (χ2v) is 8.14. The lowest BCUT2D eigenvalue weighted by Crippen LogP contribution is -2.25. The fourth-order valence-electron chi connectivity index (χ4n) is 3.72. The first kappa shape index (κ1) is 22.9. The van der Waals surface area contributed by atoms with Crippen LogP contribution in [0, 0.1) is 0 Å². The van der Waals surface area contributed by atoms with Gasteiger partial charge in [-0.25, -0.2) is 9.59 Å². The molecule has 4 amide bonds. The molecule has 36 heavy (non-hydrogen) atoms. The van der Waals surface area contributed by atoms with Crippen LogP contribution in [0.1, 0.15) is 11.1 Å². The minimum atomic E-state index is -0.818. The molecule has 0 radical (unpaired) electrons. The van der Waals surface area contributed by atoms with E-state index in [0.29, 0.717) is 23.0 Å². The number of imide groups is 2. The van der Waals surface area contributed by atoms with Crippen molar-refractivity contribution in [3.8, 4) is 23.0 Å². The Morgan fingerprint density at radius 1 is 0.528 bits per heavy atom. The zero-order valence-corrected chi connectivity index (χ0v) is 18.8. The van der Waals surface area contributed by atoms with E-state index in [9.17, 15) is 19.2 Å². The number of nitrogens with one attached hydrogen (secondary N) is 2. The van der Waals surface area contributed by atoms with Crippen LogP contribution < -0.4 is 20.1 Å². The lowest BCUT2D eigenvalue weighted by atomic mass is 10.1. The average Bonchev–Trinajstić information content (AvgIpc) is 3.35. The topological polar surface area (TPSA) is 129 Å². The van der Waals surface area contributed by atoms with Gasteiger partial charge in [-0.1, -0.05) is 24.3 Å². The highest BCUT2D eigenvalue weighted by Gasteiger charge is 2.32. The van der Waals surface area contributed by atoms with Crippen LogP contribution in [0.2, 0.25) is 0 Å². The molecule has 2 N–H and O–H groups in total. The standard InChI is InChI=1S/C26H20N2O8/c29-23-21(35-25(31)27-23)13-15-1-5-17(6-2-15)33-19-9-11-20(12-10-19)34-18-7-3-16(4-8-18)14-22-24(30)28-26(32)36-22/h1-12,21-22H,13-14H2,(H,27,29,31)(H,28,30,32). The maximum absolute atomic E-state index is 11.6. The number of hydrogen-bond acceptors (Lipinski definition) is 8. The van der Waals surface area contributed by atoms with Crippen LogP contribution in [0.15, 0.2) is 72.8 Å². The molecule has 182 valence electrons. The smallest absolute Gasteiger partial charge is 0.414 e. The second kappa shape index (κ2) is 9.79. The van der Waals surface area contributed by atoms with Gasteiger partial charge in [0.25, 0.3) is 11.8 Å². The SMILES string of the molecule is O=C1NC(=O)C(Cc2ccc(Oc3ccc(Oc4ccc(CC5OC(=O)NC5=O)cc4)cc3)cc2)O1. The van der Waals surface area contributed by atoms with Crippen LogP contribution in [0.4, 0.5) is 9.59 Å². The van der Waals surface area contributed by atoms with Gasteiger partial charge >= 0.3 is 12.2 Å². The monoisotopic (exact) mass is 488 g/mol. The Bertz CT molecular complexity index is 1200. The zero-order valence-electron chi connectivity index (χ0n) is 18.8. The Kier molecular flexibility index (Phi) is 6.23. The molecule has 2 atom stereocenters. The Labute approximate surface area is 205 Å². The summed E-state index contributed by atoms with van der Waals surface area (Å²) < 4.78 is 21.6. The predicted octanol–water partition coefficient (Wildman–Crippen LogP) is 3.63. The highest BCUT2D eigenvalue weighted by Crippen LogP contribution is 2.28. The van der Waals surface area contributed by atoms with Crippen molar-refractivity contribution in [2.75, 3.05) is 0 Å². The van der Waals surface area contributed by atoms with Crippen LogP contribution in [0.5, 0.6) is 23.0 Å². The maximum Gasteiger partial charge on any atom is 0.414 e. The molecule has 2 aliphatic rings. The molecule has 10 heteroatoms. The van der Waals surface area contributed by atoms with E-state index in [4.69, 9.17) is 18.9 Å². The van der Waals surface area contributed by atoms with E-state index >= 15 is 0 Å². The van der Waals surface area contributed by atoms with E-state index in [1.807, 2.05) is 0 Å². The van der Waals surface area contributed by atoms with Crippen molar-refractivity contribution in [3.63, 3.8) is 0 Å². The summed E-state index contributed by atoms with van der Waals surface area (Å²) in [5.74, 6) is 1.56. The third kappa shape index (κ3) is 5.44. The van der Waals surface area contributed by atoms with Crippen LogP contribution in [-0.4, -0.2) is 36.2 Å². The molecule has 0 aromatic heterocycles. The van der Waals surface area contributed by atoms with Gasteiger partial charge in [-0.05, 0) is 59.7 Å². The summed E-state index contributed by atoms with van der Waals surface area (Å²) in [4.78, 5) is 45.5. The molecule has 3 aromatic rings. The number of hydrogen-bond donors (Lipinski definition) is 2. The molecule has 2 heterocycles. The summed E-state index contributed by atoms with van der Waals surface area (Å²) >= 11 is 0. The van der Waals surface area contributed by atoms with Gasteiger partial charge in [0.15, 0.2) is 12.2 Å². The highest BCUT2D eigenvalue weighted by atomic mass is 16.6. The minimum absolute atomic E-state index is 0.286. The number of benzene rings is 3. The third-order valence-electron chi connectivity index (χ3n) is 5.52. The molecule has 0 bridgehead atoms. The first-order chi connectivity index (χ1) is 17.4. The van der Waals surface area contributed by atoms with E-state index in [0.717, 1.165) is 11.1 Å². The summed E-state index contributed by atoms with van der Waals surface area (Å²) in [7, 11) is 0. The Hall–Kier alpha value is -4.86. The van der Waals surface area contributed by atoms with Gasteiger partial charge in [-0.2, -0.15) is 0 Å². The van der Waals surface area contributed by atoms with Crippen molar-refractivity contribution >= 4 is 24.0 Å². The Morgan fingerprint density at radius 2 is 0.833 bits per heavy atom. The minimum Gasteiger partial charge on any atom is -0.457 e. The van der Waals surface area contributed by atoms with E-state index in [2.05, 4.69) is 10.6 Å². The van der Waals surface area contributed by atoms with Crippen LogP contribution in [0.25, 0.3) is 0 Å². The highest BCUT2D eigenvalue weighted by molar-refractivity contribution is 6.00. The number of carbonyl (C=O) groups excluding carboxylic acids is 4. The second-order valence-electron chi connectivity index (χ2n) is 8.14.